The van der Waals surface area contributed by atoms with Crippen LogP contribution in [0.5, 0.6) is 0 Å². The lowest BCUT2D eigenvalue weighted by molar-refractivity contribution is 0.128. The standard InChI is InChI=1S/C15H22N2O5/c18-10-13(8-4-5-9-16-14(19)20)17-15(21)22-11-12-6-2-1-3-7-12/h1-3,6-7,13,16,18H,4-5,8-11H2,(H,17,21)(H,19,20)/t13-/m0/s1. The molecule has 0 bridgehead atoms. The molecule has 7 nitrogen and oxygen atoms in total. The molecule has 0 aromatic heterocycles. The van der Waals surface area contributed by atoms with Gasteiger partial charge in [-0.2, -0.15) is 0 Å². The first-order valence-electron chi connectivity index (χ1n) is 7.16. The quantitative estimate of drug-likeness (QED) is 0.519. The minimum absolute atomic E-state index is 0.174. The van der Waals surface area contributed by atoms with Gasteiger partial charge in [0.15, 0.2) is 0 Å². The van der Waals surface area contributed by atoms with Crippen molar-refractivity contribution in [3.8, 4) is 0 Å². The van der Waals surface area contributed by atoms with Gasteiger partial charge in [0.05, 0.1) is 12.6 Å². The van der Waals surface area contributed by atoms with E-state index in [1.165, 1.54) is 0 Å². The first kappa shape index (κ1) is 17.8. The molecule has 0 heterocycles. The number of nitrogens with one attached hydrogen (secondary N) is 2. The lowest BCUT2D eigenvalue weighted by Crippen LogP contribution is -2.37. The fraction of sp³-hybridized carbons (Fsp3) is 0.467. The van der Waals surface area contributed by atoms with Crippen molar-refractivity contribution in [3.63, 3.8) is 0 Å². The highest BCUT2D eigenvalue weighted by Crippen LogP contribution is 2.03. The molecule has 0 spiro atoms. The van der Waals surface area contributed by atoms with Gasteiger partial charge >= 0.3 is 12.2 Å². The number of benzene rings is 1. The smallest absolute Gasteiger partial charge is 0.407 e. The van der Waals surface area contributed by atoms with Crippen LogP contribution < -0.4 is 10.6 Å². The Bertz CT molecular complexity index is 453. The molecule has 0 aliphatic rings. The molecule has 0 unspecified atom stereocenters. The van der Waals surface area contributed by atoms with E-state index in [-0.39, 0.29) is 13.2 Å². The van der Waals surface area contributed by atoms with E-state index < -0.39 is 18.2 Å². The molecule has 0 radical (unpaired) electrons. The molecular formula is C15H22N2O5. The molecule has 1 aromatic carbocycles. The van der Waals surface area contributed by atoms with Crippen LogP contribution in [0.2, 0.25) is 0 Å². The average molecular weight is 310 g/mol. The van der Waals surface area contributed by atoms with Crippen LogP contribution in [0.25, 0.3) is 0 Å². The summed E-state index contributed by atoms with van der Waals surface area (Å²) in [5.74, 6) is 0. The molecule has 7 heteroatoms. The minimum atomic E-state index is -1.05. The second-order valence-corrected chi connectivity index (χ2v) is 4.81. The fourth-order valence-electron chi connectivity index (χ4n) is 1.85. The number of carbonyl (C=O) groups excluding carboxylic acids is 1. The van der Waals surface area contributed by atoms with Gasteiger partial charge < -0.3 is 25.6 Å². The van der Waals surface area contributed by atoms with Gasteiger partial charge in [0, 0.05) is 6.54 Å². The predicted octanol–water partition coefficient (Wildman–Crippen LogP) is 1.71. The van der Waals surface area contributed by atoms with Crippen LogP contribution in [0, 0.1) is 0 Å². The summed E-state index contributed by atoms with van der Waals surface area (Å²) in [4.78, 5) is 21.9. The maximum atomic E-state index is 11.6. The Morgan fingerprint density at radius 2 is 1.91 bits per heavy atom. The second kappa shape index (κ2) is 10.4. The minimum Gasteiger partial charge on any atom is -0.465 e. The van der Waals surface area contributed by atoms with Gasteiger partial charge in [-0.25, -0.2) is 9.59 Å². The number of ether oxygens (including phenoxy) is 1. The van der Waals surface area contributed by atoms with Crippen LogP contribution in [-0.4, -0.2) is 41.6 Å². The second-order valence-electron chi connectivity index (χ2n) is 4.81. The molecule has 0 fully saturated rings. The topological polar surface area (TPSA) is 108 Å². The van der Waals surface area contributed by atoms with Crippen molar-refractivity contribution in [2.24, 2.45) is 0 Å². The first-order valence-corrected chi connectivity index (χ1v) is 7.16. The van der Waals surface area contributed by atoms with Crippen LogP contribution in [0.4, 0.5) is 9.59 Å². The highest BCUT2D eigenvalue weighted by Gasteiger charge is 2.12. The van der Waals surface area contributed by atoms with E-state index in [9.17, 15) is 14.7 Å². The number of alkyl carbamates (subject to hydrolysis) is 1. The van der Waals surface area contributed by atoms with Crippen molar-refractivity contribution < 1.29 is 24.5 Å². The third kappa shape index (κ3) is 8.11. The number of hydrogen-bond donors (Lipinski definition) is 4. The largest absolute Gasteiger partial charge is 0.465 e. The molecule has 0 aliphatic heterocycles. The summed E-state index contributed by atoms with van der Waals surface area (Å²) < 4.78 is 5.07. The molecule has 122 valence electrons. The normalized spacial score (nSPS) is 11.5. The highest BCUT2D eigenvalue weighted by molar-refractivity contribution is 5.67. The van der Waals surface area contributed by atoms with Crippen LogP contribution >= 0.6 is 0 Å². The Morgan fingerprint density at radius 1 is 1.18 bits per heavy atom. The van der Waals surface area contributed by atoms with Crippen molar-refractivity contribution in [1.82, 2.24) is 10.6 Å². The highest BCUT2D eigenvalue weighted by atomic mass is 16.5. The average Bonchev–Trinajstić information content (AvgIpc) is 2.52. The van der Waals surface area contributed by atoms with Gasteiger partial charge in [0.2, 0.25) is 0 Å². The molecule has 1 atom stereocenters. The van der Waals surface area contributed by atoms with Gasteiger partial charge in [-0.1, -0.05) is 30.3 Å². The van der Waals surface area contributed by atoms with E-state index in [1.54, 1.807) is 0 Å². The lowest BCUT2D eigenvalue weighted by atomic mass is 10.1. The maximum absolute atomic E-state index is 11.6. The summed E-state index contributed by atoms with van der Waals surface area (Å²) >= 11 is 0. The van der Waals surface area contributed by atoms with E-state index in [2.05, 4.69) is 10.6 Å². The number of aliphatic hydroxyl groups excluding tert-OH is 1. The summed E-state index contributed by atoms with van der Waals surface area (Å²) in [5, 5.41) is 22.5. The number of carbonyl (C=O) groups is 2. The van der Waals surface area contributed by atoms with Crippen LogP contribution in [0.1, 0.15) is 24.8 Å². The van der Waals surface area contributed by atoms with E-state index in [4.69, 9.17) is 9.84 Å². The molecule has 1 rings (SSSR count). The predicted molar refractivity (Wildman–Crippen MR) is 80.5 cm³/mol. The summed E-state index contributed by atoms with van der Waals surface area (Å²) in [7, 11) is 0. The molecule has 4 N–H and O–H groups in total. The van der Waals surface area contributed by atoms with E-state index in [0.717, 1.165) is 5.56 Å². The number of aliphatic hydroxyl groups is 1. The van der Waals surface area contributed by atoms with Gasteiger partial charge in [-0.05, 0) is 24.8 Å². The Morgan fingerprint density at radius 3 is 2.55 bits per heavy atom. The Balaban J connectivity index is 2.18. The van der Waals surface area contributed by atoms with E-state index in [1.807, 2.05) is 30.3 Å². The number of amides is 2. The zero-order chi connectivity index (χ0) is 16.2. The molecule has 2 amide bonds. The molecule has 0 aliphatic carbocycles. The SMILES string of the molecule is O=C(O)NCCCC[C@@H](CO)NC(=O)OCc1ccccc1. The Hall–Kier alpha value is -2.28. The lowest BCUT2D eigenvalue weighted by Gasteiger charge is -2.16. The number of rotatable bonds is 9. The zero-order valence-corrected chi connectivity index (χ0v) is 12.3. The summed E-state index contributed by atoms with van der Waals surface area (Å²) in [6, 6.07) is 8.91. The number of unbranched alkanes of at least 4 members (excludes halogenated alkanes) is 1. The third-order valence-electron chi connectivity index (χ3n) is 3.01. The Labute approximate surface area is 129 Å². The Kier molecular flexibility index (Phi) is 8.44. The van der Waals surface area contributed by atoms with Crippen molar-refractivity contribution in [3.05, 3.63) is 35.9 Å². The van der Waals surface area contributed by atoms with Gasteiger partial charge in [-0.15, -0.1) is 0 Å². The number of carboxylic acid groups (broad SMARTS) is 1. The molecule has 22 heavy (non-hydrogen) atoms. The van der Waals surface area contributed by atoms with Crippen LogP contribution in [-0.2, 0) is 11.3 Å². The van der Waals surface area contributed by atoms with Crippen molar-refractivity contribution >= 4 is 12.2 Å². The van der Waals surface area contributed by atoms with Crippen LogP contribution in [0.3, 0.4) is 0 Å². The fourth-order valence-corrected chi connectivity index (χ4v) is 1.85. The first-order chi connectivity index (χ1) is 10.6. The van der Waals surface area contributed by atoms with E-state index >= 15 is 0 Å². The van der Waals surface area contributed by atoms with Gasteiger partial charge in [0.25, 0.3) is 0 Å². The molecule has 1 aromatic rings. The van der Waals surface area contributed by atoms with Crippen molar-refractivity contribution in [1.29, 1.82) is 0 Å². The summed E-state index contributed by atoms with van der Waals surface area (Å²) in [6.45, 7) is 0.339. The summed E-state index contributed by atoms with van der Waals surface area (Å²) in [6.07, 6.45) is 0.250. The van der Waals surface area contributed by atoms with Gasteiger partial charge in [0.1, 0.15) is 6.61 Å². The number of hydrogen-bond acceptors (Lipinski definition) is 4. The molecular weight excluding hydrogens is 288 g/mol. The molecule has 0 saturated carbocycles. The maximum Gasteiger partial charge on any atom is 0.407 e. The van der Waals surface area contributed by atoms with Crippen molar-refractivity contribution in [2.45, 2.75) is 31.9 Å². The van der Waals surface area contributed by atoms with Crippen molar-refractivity contribution in [2.75, 3.05) is 13.2 Å². The monoisotopic (exact) mass is 310 g/mol. The van der Waals surface area contributed by atoms with E-state index in [0.29, 0.717) is 25.8 Å². The zero-order valence-electron chi connectivity index (χ0n) is 12.3. The third-order valence-corrected chi connectivity index (χ3v) is 3.01. The van der Waals surface area contributed by atoms with Gasteiger partial charge in [-0.3, -0.25) is 0 Å². The molecule has 0 saturated heterocycles. The summed E-state index contributed by atoms with van der Waals surface area (Å²) in [5.41, 5.74) is 0.887. The van der Waals surface area contributed by atoms with Crippen LogP contribution in [0.15, 0.2) is 30.3 Å².